The lowest BCUT2D eigenvalue weighted by Crippen LogP contribution is -2.23. The van der Waals surface area contributed by atoms with E-state index >= 15 is 0 Å². The fourth-order valence-electron chi connectivity index (χ4n) is 2.92. The summed E-state index contributed by atoms with van der Waals surface area (Å²) in [6, 6.07) is 9.34. The highest BCUT2D eigenvalue weighted by molar-refractivity contribution is 7.15. The number of phenolic OH excluding ortho intramolecular Hbond substituents is 1. The first kappa shape index (κ1) is 19.0. The van der Waals surface area contributed by atoms with Crippen molar-refractivity contribution in [2.45, 2.75) is 0 Å². The van der Waals surface area contributed by atoms with Crippen molar-refractivity contribution in [1.82, 2.24) is 9.38 Å². The Bertz CT molecular complexity index is 1360. The quantitative estimate of drug-likeness (QED) is 0.518. The summed E-state index contributed by atoms with van der Waals surface area (Å²) < 4.78 is 7.00. The van der Waals surface area contributed by atoms with Crippen LogP contribution in [0.3, 0.4) is 0 Å². The number of imidazole rings is 1. The molecular formula is C20H13ClN2O5S. The van der Waals surface area contributed by atoms with E-state index in [1.807, 2.05) is 0 Å². The molecule has 2 aromatic heterocycles. The van der Waals surface area contributed by atoms with Gasteiger partial charge in [0.05, 0.1) is 34.1 Å². The predicted octanol–water partition coefficient (Wildman–Crippen LogP) is 3.04. The van der Waals surface area contributed by atoms with Crippen molar-refractivity contribution in [2.24, 2.45) is 0 Å². The Kier molecular flexibility index (Phi) is 4.73. The highest BCUT2D eigenvalue weighted by Gasteiger charge is 2.14. The number of carboxylic acid groups (broad SMARTS) is 1. The van der Waals surface area contributed by atoms with Gasteiger partial charge in [0.15, 0.2) is 16.5 Å². The van der Waals surface area contributed by atoms with Crippen LogP contribution in [0.2, 0.25) is 5.02 Å². The third-order valence-corrected chi connectivity index (χ3v) is 5.61. The number of phenols is 1. The van der Waals surface area contributed by atoms with Crippen molar-refractivity contribution >= 4 is 39.9 Å². The molecule has 0 aliphatic rings. The molecule has 0 fully saturated rings. The van der Waals surface area contributed by atoms with Crippen LogP contribution < -0.4 is 14.8 Å². The third-order valence-electron chi connectivity index (χ3n) is 4.34. The Hall–Kier alpha value is -3.36. The number of ether oxygens (including phenoxy) is 1. The van der Waals surface area contributed by atoms with Crippen molar-refractivity contribution in [3.63, 3.8) is 0 Å². The highest BCUT2D eigenvalue weighted by Crippen LogP contribution is 2.35. The minimum absolute atomic E-state index is 0.114. The monoisotopic (exact) mass is 428 g/mol. The molecule has 7 nitrogen and oxygen atoms in total. The summed E-state index contributed by atoms with van der Waals surface area (Å²) in [5.74, 6) is -0.978. The van der Waals surface area contributed by atoms with Gasteiger partial charge in [0.2, 0.25) is 0 Å². The van der Waals surface area contributed by atoms with Gasteiger partial charge >= 0.3 is 5.97 Å². The molecule has 0 unspecified atom stereocenters. The number of benzene rings is 2. The van der Waals surface area contributed by atoms with Gasteiger partial charge in [0, 0.05) is 5.56 Å². The van der Waals surface area contributed by atoms with Crippen molar-refractivity contribution in [3.8, 4) is 22.8 Å². The zero-order valence-corrected chi connectivity index (χ0v) is 16.5. The van der Waals surface area contributed by atoms with Crippen molar-refractivity contribution in [1.29, 1.82) is 0 Å². The summed E-state index contributed by atoms with van der Waals surface area (Å²) in [6.45, 7) is 0. The molecule has 0 radical (unpaired) electrons. The molecule has 0 spiro atoms. The van der Waals surface area contributed by atoms with Crippen LogP contribution in [0.5, 0.6) is 11.5 Å². The Labute approximate surface area is 172 Å². The molecule has 0 bridgehead atoms. The van der Waals surface area contributed by atoms with Gasteiger partial charge in [-0.1, -0.05) is 35.1 Å². The van der Waals surface area contributed by atoms with Gasteiger partial charge in [-0.15, -0.1) is 0 Å². The molecule has 29 heavy (non-hydrogen) atoms. The first-order valence-electron chi connectivity index (χ1n) is 8.31. The maximum atomic E-state index is 13.0. The van der Waals surface area contributed by atoms with E-state index in [9.17, 15) is 14.7 Å². The maximum Gasteiger partial charge on any atom is 0.335 e. The van der Waals surface area contributed by atoms with Crippen LogP contribution in [0.25, 0.3) is 22.3 Å². The van der Waals surface area contributed by atoms with Gasteiger partial charge < -0.3 is 14.9 Å². The van der Waals surface area contributed by atoms with Crippen LogP contribution >= 0.6 is 22.9 Å². The lowest BCUT2D eigenvalue weighted by Gasteiger charge is -2.05. The van der Waals surface area contributed by atoms with E-state index in [0.717, 1.165) is 0 Å². The molecule has 4 rings (SSSR count). The number of nitrogens with zero attached hydrogens (tertiary/aromatic N) is 2. The zero-order valence-electron chi connectivity index (χ0n) is 14.9. The highest BCUT2D eigenvalue weighted by atomic mass is 35.5. The number of methoxy groups -OCH3 is 1. The zero-order chi connectivity index (χ0) is 20.7. The molecule has 9 heteroatoms. The fourth-order valence-corrected chi connectivity index (χ4v) is 4.09. The fraction of sp³-hybridized carbons (Fsp3) is 0.0500. The normalized spacial score (nSPS) is 11.9. The second-order valence-electron chi connectivity index (χ2n) is 6.11. The molecule has 0 saturated carbocycles. The molecule has 0 aliphatic heterocycles. The lowest BCUT2D eigenvalue weighted by atomic mass is 10.1. The van der Waals surface area contributed by atoms with E-state index in [2.05, 4.69) is 4.98 Å². The number of thiazole rings is 1. The van der Waals surface area contributed by atoms with E-state index in [1.54, 1.807) is 30.5 Å². The van der Waals surface area contributed by atoms with Gasteiger partial charge in [0.1, 0.15) is 0 Å². The minimum atomic E-state index is -1.02. The molecule has 4 aromatic rings. The minimum Gasteiger partial charge on any atom is -0.503 e. The molecule has 0 aliphatic carbocycles. The van der Waals surface area contributed by atoms with E-state index in [0.29, 0.717) is 26.3 Å². The van der Waals surface area contributed by atoms with E-state index < -0.39 is 5.97 Å². The summed E-state index contributed by atoms with van der Waals surface area (Å²) in [5, 5.41) is 19.0. The first-order valence-corrected chi connectivity index (χ1v) is 9.50. The Morgan fingerprint density at radius 1 is 1.28 bits per heavy atom. The topological polar surface area (TPSA) is 101 Å². The number of aromatic nitrogens is 2. The number of hydrogen-bond donors (Lipinski definition) is 2. The molecular weight excluding hydrogens is 416 g/mol. The van der Waals surface area contributed by atoms with Crippen molar-refractivity contribution < 1.29 is 19.7 Å². The summed E-state index contributed by atoms with van der Waals surface area (Å²) in [7, 11) is 1.41. The standard InChI is InChI=1S/C20H13ClN2O5S/c1-28-15-7-10(6-13(21)17(15)24)8-16-18(25)23-14(9-22-20(23)29-16)11-2-4-12(5-3-11)19(26)27/h2-9,24H,1H3,(H,26,27). The van der Waals surface area contributed by atoms with Crippen LogP contribution in [-0.4, -0.2) is 32.7 Å². The molecule has 0 amide bonds. The van der Waals surface area contributed by atoms with Gasteiger partial charge in [0.25, 0.3) is 5.56 Å². The third kappa shape index (κ3) is 3.32. The number of aromatic carboxylic acids is 1. The molecule has 146 valence electrons. The second-order valence-corrected chi connectivity index (χ2v) is 7.53. The van der Waals surface area contributed by atoms with Gasteiger partial charge in [-0.2, -0.15) is 0 Å². The molecule has 2 N–H and O–H groups in total. The first-order chi connectivity index (χ1) is 13.9. The molecule has 0 atom stereocenters. The van der Waals surface area contributed by atoms with Crippen molar-refractivity contribution in [3.05, 3.63) is 73.6 Å². The molecule has 0 saturated heterocycles. The largest absolute Gasteiger partial charge is 0.503 e. The number of fused-ring (bicyclic) bond motifs is 1. The summed E-state index contributed by atoms with van der Waals surface area (Å²) >= 11 is 7.23. The maximum absolute atomic E-state index is 13.0. The van der Waals surface area contributed by atoms with Crippen LogP contribution in [0, 0.1) is 0 Å². The van der Waals surface area contributed by atoms with Crippen LogP contribution in [-0.2, 0) is 0 Å². The number of aromatic hydroxyl groups is 1. The van der Waals surface area contributed by atoms with E-state index in [-0.39, 0.29) is 27.6 Å². The van der Waals surface area contributed by atoms with Gasteiger partial charge in [-0.3, -0.25) is 4.79 Å². The summed E-state index contributed by atoms with van der Waals surface area (Å²) in [4.78, 5) is 28.8. The summed E-state index contributed by atoms with van der Waals surface area (Å²) in [5.41, 5.74) is 1.74. The smallest absolute Gasteiger partial charge is 0.335 e. The average molecular weight is 429 g/mol. The Balaban J connectivity index is 1.84. The SMILES string of the molecule is COc1cc(C=c2sc3ncc(-c4ccc(C(=O)O)cc4)n3c2=O)cc(Cl)c1O. The number of hydrogen-bond acceptors (Lipinski definition) is 6. The summed E-state index contributed by atoms with van der Waals surface area (Å²) in [6.07, 6.45) is 3.22. The average Bonchev–Trinajstić information content (AvgIpc) is 3.25. The van der Waals surface area contributed by atoms with E-state index in [1.165, 1.54) is 41.0 Å². The van der Waals surface area contributed by atoms with Gasteiger partial charge in [-0.25, -0.2) is 14.2 Å². The van der Waals surface area contributed by atoms with Crippen LogP contribution in [0.4, 0.5) is 0 Å². The lowest BCUT2D eigenvalue weighted by molar-refractivity contribution is 0.0697. The number of carboxylic acids is 1. The van der Waals surface area contributed by atoms with Crippen LogP contribution in [0.15, 0.2) is 47.4 Å². The Morgan fingerprint density at radius 3 is 2.66 bits per heavy atom. The second kappa shape index (κ2) is 7.23. The number of rotatable bonds is 4. The molecule has 2 aromatic carbocycles. The molecule has 2 heterocycles. The number of halogens is 1. The van der Waals surface area contributed by atoms with E-state index in [4.69, 9.17) is 21.4 Å². The van der Waals surface area contributed by atoms with Gasteiger partial charge in [-0.05, 0) is 35.9 Å². The number of carbonyl (C=O) groups is 1. The predicted molar refractivity (Wildman–Crippen MR) is 110 cm³/mol. The van der Waals surface area contributed by atoms with Crippen LogP contribution in [0.1, 0.15) is 15.9 Å². The van der Waals surface area contributed by atoms with Crippen molar-refractivity contribution in [2.75, 3.05) is 7.11 Å². The Morgan fingerprint density at radius 2 is 2.00 bits per heavy atom.